The van der Waals surface area contributed by atoms with E-state index in [9.17, 15) is 14.7 Å². The quantitative estimate of drug-likeness (QED) is 0.380. The molecule has 0 rings (SSSR count). The zero-order chi connectivity index (χ0) is 15.2. The molecule has 0 amide bonds. The number of allylic oxidation sites excluding steroid dienone is 5. The van der Waals surface area contributed by atoms with Crippen molar-refractivity contribution in [2.75, 3.05) is 7.11 Å². The molecule has 0 aromatic heterocycles. The Morgan fingerprint density at radius 3 is 2.50 bits per heavy atom. The lowest BCUT2D eigenvalue weighted by Crippen LogP contribution is -2.01. The first kappa shape index (κ1) is 18.3. The Hall–Kier alpha value is -1.68. The maximum atomic E-state index is 11.4. The summed E-state index contributed by atoms with van der Waals surface area (Å²) in [5.74, 6) is -0.314. The van der Waals surface area contributed by atoms with E-state index >= 15 is 0 Å². The standard InChI is InChI=1S/C16H24O4/c1-3-9-14(17)10-6-4-5-7-11-15(18)12-8-13-16(19)20-2/h4-7,10-11,14,17H,3,8-9,12-13H2,1-2H3. The van der Waals surface area contributed by atoms with Crippen LogP contribution in [0.4, 0.5) is 0 Å². The summed E-state index contributed by atoms with van der Waals surface area (Å²) in [6.07, 6.45) is 12.5. The van der Waals surface area contributed by atoms with Gasteiger partial charge < -0.3 is 9.84 Å². The van der Waals surface area contributed by atoms with Gasteiger partial charge in [0.2, 0.25) is 0 Å². The van der Waals surface area contributed by atoms with Crippen molar-refractivity contribution in [3.63, 3.8) is 0 Å². The fourth-order valence-electron chi connectivity index (χ4n) is 1.47. The monoisotopic (exact) mass is 280 g/mol. The zero-order valence-electron chi connectivity index (χ0n) is 12.2. The van der Waals surface area contributed by atoms with Gasteiger partial charge in [-0.05, 0) is 18.9 Å². The third kappa shape index (κ3) is 11.4. The Labute approximate surface area is 120 Å². The van der Waals surface area contributed by atoms with Crippen LogP contribution in [0, 0.1) is 0 Å². The Bertz CT molecular complexity index is 367. The SMILES string of the molecule is CCCC(O)C=CC=CC=CC(=O)CCCC(=O)OC. The molecule has 0 fully saturated rings. The lowest BCUT2D eigenvalue weighted by atomic mass is 10.1. The van der Waals surface area contributed by atoms with Crippen LogP contribution in [0.15, 0.2) is 36.5 Å². The molecule has 0 aliphatic heterocycles. The van der Waals surface area contributed by atoms with Gasteiger partial charge in [-0.3, -0.25) is 9.59 Å². The highest BCUT2D eigenvalue weighted by molar-refractivity contribution is 5.90. The molecule has 1 unspecified atom stereocenters. The van der Waals surface area contributed by atoms with E-state index in [4.69, 9.17) is 0 Å². The highest BCUT2D eigenvalue weighted by atomic mass is 16.5. The average molecular weight is 280 g/mol. The van der Waals surface area contributed by atoms with E-state index < -0.39 is 6.10 Å². The number of carbonyl (C=O) groups is 2. The molecular formula is C16H24O4. The largest absolute Gasteiger partial charge is 0.469 e. The first-order chi connectivity index (χ1) is 9.60. The summed E-state index contributed by atoms with van der Waals surface area (Å²) in [6, 6.07) is 0. The second kappa shape index (κ2) is 12.4. The van der Waals surface area contributed by atoms with Crippen molar-refractivity contribution in [2.45, 2.75) is 45.1 Å². The molecule has 0 radical (unpaired) electrons. The lowest BCUT2D eigenvalue weighted by molar-refractivity contribution is -0.140. The second-order valence-corrected chi connectivity index (χ2v) is 4.38. The molecule has 0 aliphatic carbocycles. The highest BCUT2D eigenvalue weighted by Crippen LogP contribution is 2.00. The van der Waals surface area contributed by atoms with Gasteiger partial charge in [0.25, 0.3) is 0 Å². The number of methoxy groups -OCH3 is 1. The molecule has 0 aromatic carbocycles. The van der Waals surface area contributed by atoms with Crippen LogP contribution in [0.25, 0.3) is 0 Å². The van der Waals surface area contributed by atoms with Crippen LogP contribution in [-0.4, -0.2) is 30.1 Å². The predicted molar refractivity (Wildman–Crippen MR) is 79.2 cm³/mol. The van der Waals surface area contributed by atoms with Crippen molar-refractivity contribution in [1.29, 1.82) is 0 Å². The lowest BCUT2D eigenvalue weighted by Gasteiger charge is -1.99. The number of rotatable bonds is 10. The molecular weight excluding hydrogens is 256 g/mol. The first-order valence-electron chi connectivity index (χ1n) is 6.89. The maximum Gasteiger partial charge on any atom is 0.305 e. The minimum atomic E-state index is -0.409. The number of ketones is 1. The van der Waals surface area contributed by atoms with E-state index in [1.165, 1.54) is 13.2 Å². The number of hydrogen-bond acceptors (Lipinski definition) is 4. The molecule has 112 valence electrons. The van der Waals surface area contributed by atoms with E-state index in [0.717, 1.165) is 12.8 Å². The van der Waals surface area contributed by atoms with Gasteiger partial charge in [0.1, 0.15) is 0 Å². The van der Waals surface area contributed by atoms with Gasteiger partial charge in [0.05, 0.1) is 13.2 Å². The molecule has 1 atom stereocenters. The zero-order valence-corrected chi connectivity index (χ0v) is 12.2. The molecule has 0 heterocycles. The molecule has 0 saturated heterocycles. The normalized spacial score (nSPS) is 13.3. The fraction of sp³-hybridized carbons (Fsp3) is 0.500. The molecule has 0 aromatic rings. The van der Waals surface area contributed by atoms with Gasteiger partial charge >= 0.3 is 5.97 Å². The van der Waals surface area contributed by atoms with Crippen LogP contribution in [-0.2, 0) is 14.3 Å². The molecule has 0 bridgehead atoms. The highest BCUT2D eigenvalue weighted by Gasteiger charge is 2.01. The van der Waals surface area contributed by atoms with E-state index in [0.29, 0.717) is 12.8 Å². The fourth-order valence-corrected chi connectivity index (χ4v) is 1.47. The Morgan fingerprint density at radius 1 is 1.15 bits per heavy atom. The van der Waals surface area contributed by atoms with Crippen molar-refractivity contribution in [3.05, 3.63) is 36.5 Å². The second-order valence-electron chi connectivity index (χ2n) is 4.38. The smallest absolute Gasteiger partial charge is 0.305 e. The molecule has 4 nitrogen and oxygen atoms in total. The van der Waals surface area contributed by atoms with Crippen LogP contribution < -0.4 is 0 Å². The van der Waals surface area contributed by atoms with Crippen LogP contribution in [0.1, 0.15) is 39.0 Å². The summed E-state index contributed by atoms with van der Waals surface area (Å²) < 4.78 is 4.49. The van der Waals surface area contributed by atoms with Crippen LogP contribution >= 0.6 is 0 Å². The van der Waals surface area contributed by atoms with E-state index in [1.807, 2.05) is 6.92 Å². The third-order valence-corrected chi connectivity index (χ3v) is 2.56. The summed E-state index contributed by atoms with van der Waals surface area (Å²) >= 11 is 0. The Morgan fingerprint density at radius 2 is 1.85 bits per heavy atom. The van der Waals surface area contributed by atoms with Gasteiger partial charge in [0.15, 0.2) is 5.78 Å². The van der Waals surface area contributed by atoms with Crippen LogP contribution in [0.2, 0.25) is 0 Å². The van der Waals surface area contributed by atoms with Crippen molar-refractivity contribution in [1.82, 2.24) is 0 Å². The van der Waals surface area contributed by atoms with E-state index in [1.54, 1.807) is 30.4 Å². The van der Waals surface area contributed by atoms with Gasteiger partial charge in [-0.2, -0.15) is 0 Å². The van der Waals surface area contributed by atoms with Crippen LogP contribution in [0.3, 0.4) is 0 Å². The van der Waals surface area contributed by atoms with Gasteiger partial charge in [-0.25, -0.2) is 0 Å². The molecule has 0 aliphatic rings. The van der Waals surface area contributed by atoms with Crippen LogP contribution in [0.5, 0.6) is 0 Å². The topological polar surface area (TPSA) is 63.6 Å². The third-order valence-electron chi connectivity index (χ3n) is 2.56. The summed E-state index contributed by atoms with van der Waals surface area (Å²) in [5.41, 5.74) is 0. The Balaban J connectivity index is 3.82. The molecule has 0 saturated carbocycles. The van der Waals surface area contributed by atoms with Gasteiger partial charge in [-0.1, -0.05) is 43.7 Å². The summed E-state index contributed by atoms with van der Waals surface area (Å²) in [6.45, 7) is 2.02. The van der Waals surface area contributed by atoms with E-state index in [-0.39, 0.29) is 18.2 Å². The van der Waals surface area contributed by atoms with Crippen molar-refractivity contribution >= 4 is 11.8 Å². The minimum absolute atomic E-state index is 0.0199. The summed E-state index contributed by atoms with van der Waals surface area (Å²) in [5, 5.41) is 9.43. The minimum Gasteiger partial charge on any atom is -0.469 e. The predicted octanol–water partition coefficient (Wildman–Crippen LogP) is 2.73. The molecule has 4 heteroatoms. The van der Waals surface area contributed by atoms with E-state index in [2.05, 4.69) is 4.74 Å². The van der Waals surface area contributed by atoms with Crippen molar-refractivity contribution < 1.29 is 19.4 Å². The van der Waals surface area contributed by atoms with Gasteiger partial charge in [-0.15, -0.1) is 0 Å². The number of aliphatic hydroxyl groups excluding tert-OH is 1. The van der Waals surface area contributed by atoms with Gasteiger partial charge in [0, 0.05) is 12.8 Å². The summed E-state index contributed by atoms with van der Waals surface area (Å²) in [7, 11) is 1.33. The first-order valence-corrected chi connectivity index (χ1v) is 6.89. The number of carbonyl (C=O) groups excluding carboxylic acids is 2. The molecule has 1 N–H and O–H groups in total. The summed E-state index contributed by atoms with van der Waals surface area (Å²) in [4.78, 5) is 22.2. The number of ether oxygens (including phenoxy) is 1. The number of esters is 1. The Kier molecular flexibility index (Phi) is 11.3. The molecule has 20 heavy (non-hydrogen) atoms. The maximum absolute atomic E-state index is 11.4. The van der Waals surface area contributed by atoms with Crippen molar-refractivity contribution in [2.24, 2.45) is 0 Å². The number of hydrogen-bond donors (Lipinski definition) is 1. The van der Waals surface area contributed by atoms with Crippen molar-refractivity contribution in [3.8, 4) is 0 Å². The molecule has 0 spiro atoms. The number of aliphatic hydroxyl groups is 1. The average Bonchev–Trinajstić information content (AvgIpc) is 2.42.